The van der Waals surface area contributed by atoms with Gasteiger partial charge in [-0.25, -0.2) is 4.79 Å². The summed E-state index contributed by atoms with van der Waals surface area (Å²) < 4.78 is 0. The highest BCUT2D eigenvalue weighted by Gasteiger charge is 2.13. The predicted molar refractivity (Wildman–Crippen MR) is 61.5 cm³/mol. The summed E-state index contributed by atoms with van der Waals surface area (Å²) in [6.07, 6.45) is 0.245. The van der Waals surface area contributed by atoms with Crippen molar-refractivity contribution in [3.8, 4) is 0 Å². The highest BCUT2D eigenvalue weighted by atomic mass is 16.4. The van der Waals surface area contributed by atoms with E-state index in [0.717, 1.165) is 6.07 Å². The van der Waals surface area contributed by atoms with E-state index in [1.54, 1.807) is 0 Å². The molecule has 0 aromatic carbocycles. The van der Waals surface area contributed by atoms with Gasteiger partial charge in [0, 0.05) is 26.1 Å². The van der Waals surface area contributed by atoms with Crippen LogP contribution in [0.1, 0.15) is 23.3 Å². The molecule has 8 nitrogen and oxygen atoms in total. The molecular weight excluding hydrogens is 242 g/mol. The molecule has 8 heteroatoms. The molecule has 98 valence electrons. The van der Waals surface area contributed by atoms with Crippen molar-refractivity contribution in [1.29, 1.82) is 0 Å². The molecule has 18 heavy (non-hydrogen) atoms. The molecule has 3 N–H and O–H groups in total. The molecule has 0 saturated heterocycles. The van der Waals surface area contributed by atoms with E-state index in [4.69, 9.17) is 5.11 Å². The number of hydrogen-bond donors (Lipinski definition) is 3. The second kappa shape index (κ2) is 5.80. The number of aromatic nitrogens is 2. The standard InChI is InChI=1S/C10H13N3O5/c1-13(4-2-3-8(15)16)9(17)6-5-7(14)12-10(18)11-6/h5H,2-4H2,1H3,(H,15,16)(H2,11,12,14,18). The van der Waals surface area contributed by atoms with Crippen molar-refractivity contribution in [3.05, 3.63) is 32.6 Å². The Morgan fingerprint density at radius 2 is 2.00 bits per heavy atom. The van der Waals surface area contributed by atoms with Crippen LogP contribution in [-0.4, -0.2) is 45.4 Å². The molecular formula is C10H13N3O5. The zero-order chi connectivity index (χ0) is 13.7. The molecule has 0 atom stereocenters. The van der Waals surface area contributed by atoms with Gasteiger partial charge in [-0.2, -0.15) is 0 Å². The van der Waals surface area contributed by atoms with Gasteiger partial charge in [0.1, 0.15) is 5.69 Å². The third-order valence-corrected chi connectivity index (χ3v) is 2.22. The van der Waals surface area contributed by atoms with Gasteiger partial charge in [-0.15, -0.1) is 0 Å². The Morgan fingerprint density at radius 3 is 2.56 bits per heavy atom. The summed E-state index contributed by atoms with van der Waals surface area (Å²) in [7, 11) is 1.46. The monoisotopic (exact) mass is 255 g/mol. The van der Waals surface area contributed by atoms with E-state index in [1.807, 2.05) is 4.98 Å². The molecule has 1 rings (SSSR count). The lowest BCUT2D eigenvalue weighted by atomic mass is 10.3. The second-order valence-electron chi connectivity index (χ2n) is 3.73. The summed E-state index contributed by atoms with van der Waals surface area (Å²) in [5.74, 6) is -1.48. The van der Waals surface area contributed by atoms with Crippen molar-refractivity contribution in [2.45, 2.75) is 12.8 Å². The molecule has 1 heterocycles. The van der Waals surface area contributed by atoms with Crippen LogP contribution in [0.4, 0.5) is 0 Å². The minimum atomic E-state index is -0.944. The Bertz CT molecular complexity index is 531. The average molecular weight is 255 g/mol. The van der Waals surface area contributed by atoms with Gasteiger partial charge in [0.15, 0.2) is 0 Å². The number of hydrogen-bond acceptors (Lipinski definition) is 4. The maximum atomic E-state index is 11.8. The number of carboxylic acids is 1. The smallest absolute Gasteiger partial charge is 0.326 e. The zero-order valence-electron chi connectivity index (χ0n) is 9.73. The van der Waals surface area contributed by atoms with E-state index in [-0.39, 0.29) is 18.7 Å². The van der Waals surface area contributed by atoms with Gasteiger partial charge in [0.25, 0.3) is 11.5 Å². The van der Waals surface area contributed by atoms with E-state index in [1.165, 1.54) is 11.9 Å². The van der Waals surface area contributed by atoms with Crippen LogP contribution in [0.2, 0.25) is 0 Å². The molecule has 0 aliphatic rings. The van der Waals surface area contributed by atoms with Crippen LogP contribution in [0.3, 0.4) is 0 Å². The van der Waals surface area contributed by atoms with E-state index < -0.39 is 23.1 Å². The minimum absolute atomic E-state index is 0.0521. The van der Waals surface area contributed by atoms with Crippen molar-refractivity contribution in [2.75, 3.05) is 13.6 Å². The van der Waals surface area contributed by atoms with Crippen LogP contribution in [0, 0.1) is 0 Å². The largest absolute Gasteiger partial charge is 0.481 e. The highest BCUT2D eigenvalue weighted by Crippen LogP contribution is 1.98. The van der Waals surface area contributed by atoms with Crippen LogP contribution in [0.5, 0.6) is 0 Å². The fourth-order valence-electron chi connectivity index (χ4n) is 1.36. The van der Waals surface area contributed by atoms with Gasteiger partial charge in [-0.3, -0.25) is 19.4 Å². The van der Waals surface area contributed by atoms with Gasteiger partial charge < -0.3 is 15.0 Å². The fourth-order valence-corrected chi connectivity index (χ4v) is 1.36. The van der Waals surface area contributed by atoms with E-state index in [2.05, 4.69) is 4.98 Å². The molecule has 0 saturated carbocycles. The van der Waals surface area contributed by atoms with Crippen molar-refractivity contribution < 1.29 is 14.7 Å². The first-order valence-corrected chi connectivity index (χ1v) is 5.21. The Labute approximate surface area is 101 Å². The van der Waals surface area contributed by atoms with Crippen LogP contribution in [-0.2, 0) is 4.79 Å². The molecule has 0 spiro atoms. The normalized spacial score (nSPS) is 10.1. The van der Waals surface area contributed by atoms with Gasteiger partial charge >= 0.3 is 11.7 Å². The number of amides is 1. The molecule has 0 bridgehead atoms. The highest BCUT2D eigenvalue weighted by molar-refractivity contribution is 5.91. The number of aromatic amines is 2. The summed E-state index contributed by atoms with van der Waals surface area (Å²) in [5.41, 5.74) is -1.55. The van der Waals surface area contributed by atoms with Crippen molar-refractivity contribution in [2.24, 2.45) is 0 Å². The first-order chi connectivity index (χ1) is 8.40. The number of nitrogens with one attached hydrogen (secondary N) is 2. The maximum absolute atomic E-state index is 11.8. The van der Waals surface area contributed by atoms with E-state index in [0.29, 0.717) is 6.42 Å². The topological polar surface area (TPSA) is 123 Å². The Kier molecular flexibility index (Phi) is 4.41. The van der Waals surface area contributed by atoms with Crippen molar-refractivity contribution in [3.63, 3.8) is 0 Å². The van der Waals surface area contributed by atoms with Crippen molar-refractivity contribution in [1.82, 2.24) is 14.9 Å². The predicted octanol–water partition coefficient (Wildman–Crippen LogP) is -1.000. The second-order valence-corrected chi connectivity index (χ2v) is 3.73. The number of rotatable bonds is 5. The fraction of sp³-hybridized carbons (Fsp3) is 0.400. The molecule has 0 aliphatic heterocycles. The Morgan fingerprint density at radius 1 is 1.33 bits per heavy atom. The van der Waals surface area contributed by atoms with Crippen molar-refractivity contribution >= 4 is 11.9 Å². The first kappa shape index (κ1) is 13.7. The van der Waals surface area contributed by atoms with Gasteiger partial charge in [-0.1, -0.05) is 0 Å². The number of aliphatic carboxylic acids is 1. The van der Waals surface area contributed by atoms with Gasteiger partial charge in [0.05, 0.1) is 0 Å². The zero-order valence-corrected chi connectivity index (χ0v) is 9.73. The van der Waals surface area contributed by atoms with Gasteiger partial charge in [0.2, 0.25) is 0 Å². The molecule has 0 unspecified atom stereocenters. The lowest BCUT2D eigenvalue weighted by Crippen LogP contribution is -2.33. The quantitative estimate of drug-likeness (QED) is 0.622. The molecule has 0 radical (unpaired) electrons. The number of carboxylic acid groups (broad SMARTS) is 1. The number of nitrogens with zero attached hydrogens (tertiary/aromatic N) is 1. The maximum Gasteiger partial charge on any atom is 0.326 e. The molecule has 0 fully saturated rings. The third-order valence-electron chi connectivity index (χ3n) is 2.22. The first-order valence-electron chi connectivity index (χ1n) is 5.21. The molecule has 0 aliphatic carbocycles. The van der Waals surface area contributed by atoms with E-state index in [9.17, 15) is 19.2 Å². The summed E-state index contributed by atoms with van der Waals surface area (Å²) >= 11 is 0. The minimum Gasteiger partial charge on any atom is -0.481 e. The van der Waals surface area contributed by atoms with Crippen LogP contribution in [0.15, 0.2) is 15.7 Å². The average Bonchev–Trinajstić information content (AvgIpc) is 2.26. The Balaban J connectivity index is 2.71. The molecule has 1 aromatic heterocycles. The summed E-state index contributed by atoms with van der Waals surface area (Å²) in [4.78, 5) is 49.5. The van der Waals surface area contributed by atoms with Crippen LogP contribution < -0.4 is 11.2 Å². The lowest BCUT2D eigenvalue weighted by molar-refractivity contribution is -0.137. The summed E-state index contributed by atoms with van der Waals surface area (Å²) in [5, 5.41) is 8.46. The van der Waals surface area contributed by atoms with E-state index >= 15 is 0 Å². The number of H-pyrrole nitrogens is 2. The van der Waals surface area contributed by atoms with Gasteiger partial charge in [-0.05, 0) is 6.42 Å². The number of carbonyl (C=O) groups is 2. The third kappa shape index (κ3) is 3.89. The molecule has 1 aromatic rings. The SMILES string of the molecule is CN(CCCC(=O)O)C(=O)c1cc(=O)[nH]c(=O)[nH]1. The Hall–Kier alpha value is -2.38. The van der Waals surface area contributed by atoms with Crippen LogP contribution >= 0.6 is 0 Å². The lowest BCUT2D eigenvalue weighted by Gasteiger charge is -2.15. The number of carbonyl (C=O) groups excluding carboxylic acids is 1. The summed E-state index contributed by atoms with van der Waals surface area (Å²) in [6.45, 7) is 0.222. The summed E-state index contributed by atoms with van der Waals surface area (Å²) in [6, 6.07) is 0.984. The molecule has 1 amide bonds. The van der Waals surface area contributed by atoms with Crippen LogP contribution in [0.25, 0.3) is 0 Å².